The number of aromatic nitrogens is 3. The Morgan fingerprint density at radius 1 is 1.00 bits per heavy atom. The lowest BCUT2D eigenvalue weighted by Crippen LogP contribution is -2.40. The SMILES string of the molecule is O=[N+]([O-])c1cc(/C=N\Nc2nc(N3CCOCC3)nc(N3CCOCC3)n2)ccc1[O-]. The number of morpholine rings is 2. The first kappa shape index (κ1) is 20.7. The maximum atomic E-state index is 11.5. The average Bonchev–Trinajstić information content (AvgIpc) is 2.81. The van der Waals surface area contributed by atoms with Crippen molar-refractivity contribution in [1.82, 2.24) is 15.0 Å². The second-order valence-electron chi connectivity index (χ2n) is 6.81. The number of nitro groups is 1. The number of nitrogens with zero attached hydrogens (tertiary/aromatic N) is 7. The summed E-state index contributed by atoms with van der Waals surface area (Å²) < 4.78 is 10.8. The van der Waals surface area contributed by atoms with Crippen molar-refractivity contribution in [3.63, 3.8) is 0 Å². The van der Waals surface area contributed by atoms with Gasteiger partial charge >= 0.3 is 0 Å². The van der Waals surface area contributed by atoms with E-state index in [4.69, 9.17) is 9.47 Å². The van der Waals surface area contributed by atoms with Gasteiger partial charge in [-0.25, -0.2) is 5.43 Å². The van der Waals surface area contributed by atoms with Crippen LogP contribution in [0.4, 0.5) is 23.5 Å². The molecule has 2 fully saturated rings. The van der Waals surface area contributed by atoms with Gasteiger partial charge in [-0.1, -0.05) is 12.1 Å². The molecule has 0 spiro atoms. The summed E-state index contributed by atoms with van der Waals surface area (Å²) >= 11 is 0. The zero-order valence-corrected chi connectivity index (χ0v) is 16.6. The second kappa shape index (κ2) is 9.49. The molecule has 0 saturated carbocycles. The molecule has 164 valence electrons. The monoisotopic (exact) mass is 429 g/mol. The van der Waals surface area contributed by atoms with Crippen LogP contribution in [0.5, 0.6) is 5.75 Å². The minimum Gasteiger partial charge on any atom is -0.868 e. The van der Waals surface area contributed by atoms with Crippen LogP contribution in [-0.4, -0.2) is 78.7 Å². The largest absolute Gasteiger partial charge is 0.868 e. The van der Waals surface area contributed by atoms with Gasteiger partial charge in [0, 0.05) is 37.8 Å². The van der Waals surface area contributed by atoms with Crippen molar-refractivity contribution in [2.24, 2.45) is 5.10 Å². The molecule has 0 amide bonds. The molecule has 0 radical (unpaired) electrons. The first-order valence-electron chi connectivity index (χ1n) is 9.76. The van der Waals surface area contributed by atoms with Crippen molar-refractivity contribution in [2.45, 2.75) is 0 Å². The topological polar surface area (TPSA) is 154 Å². The minimum atomic E-state index is -0.720. The molecule has 0 unspecified atom stereocenters. The third-order valence-electron chi connectivity index (χ3n) is 4.76. The molecule has 13 heteroatoms. The smallest absolute Gasteiger partial charge is 0.262 e. The van der Waals surface area contributed by atoms with Gasteiger partial charge in [-0.05, 0) is 5.75 Å². The Labute approximate surface area is 177 Å². The van der Waals surface area contributed by atoms with Gasteiger partial charge in [-0.15, -0.1) is 0 Å². The number of nitro benzene ring substituents is 1. The van der Waals surface area contributed by atoms with E-state index in [0.717, 1.165) is 6.07 Å². The second-order valence-corrected chi connectivity index (χ2v) is 6.81. The van der Waals surface area contributed by atoms with Crippen molar-refractivity contribution in [3.8, 4) is 5.75 Å². The molecule has 2 aromatic rings. The number of rotatable bonds is 6. The van der Waals surface area contributed by atoms with Crippen LogP contribution in [0.1, 0.15) is 5.56 Å². The fourth-order valence-electron chi connectivity index (χ4n) is 3.14. The zero-order chi connectivity index (χ0) is 21.6. The van der Waals surface area contributed by atoms with Gasteiger partial charge < -0.3 is 24.4 Å². The van der Waals surface area contributed by atoms with E-state index in [-0.39, 0.29) is 5.95 Å². The zero-order valence-electron chi connectivity index (χ0n) is 16.6. The van der Waals surface area contributed by atoms with E-state index in [1.807, 2.05) is 9.80 Å². The molecular formula is C18H21N8O5-. The number of hydrazone groups is 1. The molecule has 0 bridgehead atoms. The van der Waals surface area contributed by atoms with E-state index < -0.39 is 16.4 Å². The Morgan fingerprint density at radius 2 is 1.58 bits per heavy atom. The number of hydrogen-bond acceptors (Lipinski definition) is 12. The van der Waals surface area contributed by atoms with Crippen LogP contribution in [0.25, 0.3) is 0 Å². The maximum absolute atomic E-state index is 11.5. The van der Waals surface area contributed by atoms with E-state index in [9.17, 15) is 15.2 Å². The van der Waals surface area contributed by atoms with E-state index >= 15 is 0 Å². The molecule has 0 atom stereocenters. The highest BCUT2D eigenvalue weighted by atomic mass is 16.6. The van der Waals surface area contributed by atoms with Crippen LogP contribution >= 0.6 is 0 Å². The summed E-state index contributed by atoms with van der Waals surface area (Å²) in [6.07, 6.45) is 1.36. The number of hydrogen-bond donors (Lipinski definition) is 1. The van der Waals surface area contributed by atoms with Gasteiger partial charge in [0.25, 0.3) is 5.69 Å². The highest BCUT2D eigenvalue weighted by Crippen LogP contribution is 2.23. The molecule has 3 heterocycles. The van der Waals surface area contributed by atoms with Crippen LogP contribution in [0, 0.1) is 10.1 Å². The van der Waals surface area contributed by atoms with Gasteiger partial charge in [0.2, 0.25) is 17.8 Å². The van der Waals surface area contributed by atoms with Crippen molar-refractivity contribution < 1.29 is 19.5 Å². The van der Waals surface area contributed by atoms with Crippen LogP contribution in [0.2, 0.25) is 0 Å². The van der Waals surface area contributed by atoms with Crippen molar-refractivity contribution in [2.75, 3.05) is 67.8 Å². The predicted octanol–water partition coefficient (Wildman–Crippen LogP) is -0.0274. The first-order chi connectivity index (χ1) is 15.1. The van der Waals surface area contributed by atoms with E-state index in [0.29, 0.717) is 70.1 Å². The maximum Gasteiger partial charge on any atom is 0.262 e. The number of anilines is 3. The third kappa shape index (κ3) is 5.13. The van der Waals surface area contributed by atoms with Gasteiger partial charge in [0.05, 0.1) is 37.6 Å². The van der Waals surface area contributed by atoms with Crippen molar-refractivity contribution in [3.05, 3.63) is 33.9 Å². The van der Waals surface area contributed by atoms with Gasteiger partial charge in [0.1, 0.15) is 0 Å². The molecule has 2 aliphatic rings. The molecule has 1 aromatic carbocycles. The van der Waals surface area contributed by atoms with Crippen LogP contribution in [0.15, 0.2) is 23.3 Å². The Kier molecular flexibility index (Phi) is 6.33. The van der Waals surface area contributed by atoms with Crippen molar-refractivity contribution >= 4 is 29.7 Å². The third-order valence-corrected chi connectivity index (χ3v) is 4.76. The summed E-state index contributed by atoms with van der Waals surface area (Å²) in [4.78, 5) is 27.7. The van der Waals surface area contributed by atoms with E-state index in [2.05, 4.69) is 25.5 Å². The number of nitrogens with one attached hydrogen (secondary N) is 1. The van der Waals surface area contributed by atoms with Crippen LogP contribution in [-0.2, 0) is 9.47 Å². The molecular weight excluding hydrogens is 408 g/mol. The Balaban J connectivity index is 1.55. The Bertz CT molecular complexity index is 924. The molecule has 0 aliphatic carbocycles. The summed E-state index contributed by atoms with van der Waals surface area (Å²) in [5.41, 5.74) is 2.65. The minimum absolute atomic E-state index is 0.240. The number of ether oxygens (including phenoxy) is 2. The molecule has 1 N–H and O–H groups in total. The van der Waals surface area contributed by atoms with Gasteiger partial charge in [0.15, 0.2) is 0 Å². The lowest BCUT2D eigenvalue weighted by molar-refractivity contribution is -0.398. The molecule has 1 aromatic heterocycles. The van der Waals surface area contributed by atoms with Crippen LogP contribution in [0.3, 0.4) is 0 Å². The highest BCUT2D eigenvalue weighted by molar-refractivity contribution is 5.81. The quantitative estimate of drug-likeness (QED) is 0.374. The molecule has 2 saturated heterocycles. The lowest BCUT2D eigenvalue weighted by Gasteiger charge is -2.30. The predicted molar refractivity (Wildman–Crippen MR) is 110 cm³/mol. The Hall–Kier alpha value is -3.58. The number of benzene rings is 1. The average molecular weight is 429 g/mol. The molecule has 31 heavy (non-hydrogen) atoms. The van der Waals surface area contributed by atoms with Crippen molar-refractivity contribution in [1.29, 1.82) is 0 Å². The van der Waals surface area contributed by atoms with E-state index in [1.165, 1.54) is 18.3 Å². The normalized spacial score (nSPS) is 17.2. The summed E-state index contributed by atoms with van der Waals surface area (Å²) in [7, 11) is 0. The fourth-order valence-corrected chi connectivity index (χ4v) is 3.14. The standard InChI is InChI=1S/C18H22N8O5/c27-15-2-1-13(11-14(15)26(28)29)12-19-23-16-20-17(24-3-7-30-8-4-24)22-18(21-16)25-5-9-31-10-6-25/h1-2,11-12,27H,3-10H2,(H,20,21,22,23)/p-1/b19-12-. The summed E-state index contributed by atoms with van der Waals surface area (Å²) in [6.45, 7) is 5.03. The molecule has 4 rings (SSSR count). The lowest BCUT2D eigenvalue weighted by atomic mass is 10.2. The molecule has 2 aliphatic heterocycles. The summed E-state index contributed by atoms with van der Waals surface area (Å²) in [6, 6.07) is 3.75. The van der Waals surface area contributed by atoms with Gasteiger partial charge in [-0.3, -0.25) is 10.1 Å². The Morgan fingerprint density at radius 3 is 2.13 bits per heavy atom. The fraction of sp³-hybridized carbons (Fsp3) is 0.444. The van der Waals surface area contributed by atoms with E-state index in [1.54, 1.807) is 0 Å². The summed E-state index contributed by atoms with van der Waals surface area (Å²) in [5.74, 6) is 0.620. The highest BCUT2D eigenvalue weighted by Gasteiger charge is 2.20. The molecule has 13 nitrogen and oxygen atoms in total. The summed E-state index contributed by atoms with van der Waals surface area (Å²) in [5, 5.41) is 26.5. The van der Waals surface area contributed by atoms with Crippen LogP contribution < -0.4 is 20.3 Å². The van der Waals surface area contributed by atoms with Gasteiger partial charge in [-0.2, -0.15) is 20.1 Å². The first-order valence-corrected chi connectivity index (χ1v) is 9.76.